The van der Waals surface area contributed by atoms with E-state index in [1.807, 2.05) is 13.0 Å². The summed E-state index contributed by atoms with van der Waals surface area (Å²) in [5.74, 6) is -0.663. The van der Waals surface area contributed by atoms with Gasteiger partial charge in [0.05, 0.1) is 17.7 Å². The van der Waals surface area contributed by atoms with E-state index in [-0.39, 0.29) is 4.90 Å². The molecule has 0 spiro atoms. The smallest absolute Gasteiger partial charge is 0.324 e. The zero-order valence-electron chi connectivity index (χ0n) is 14.6. The minimum absolute atomic E-state index is 0.0204. The van der Waals surface area contributed by atoms with Crippen molar-refractivity contribution in [3.05, 3.63) is 53.1 Å². The van der Waals surface area contributed by atoms with Crippen molar-refractivity contribution in [3.8, 4) is 5.75 Å². The summed E-state index contributed by atoms with van der Waals surface area (Å²) in [4.78, 5) is 11.3. The number of hydrogen-bond donors (Lipinski definition) is 1. The van der Waals surface area contributed by atoms with E-state index >= 15 is 0 Å². The van der Waals surface area contributed by atoms with Gasteiger partial charge < -0.3 is 9.84 Å². The largest absolute Gasteiger partial charge is 0.496 e. The summed E-state index contributed by atoms with van der Waals surface area (Å²) >= 11 is 0. The maximum atomic E-state index is 13.1. The highest BCUT2D eigenvalue weighted by atomic mass is 32.2. The van der Waals surface area contributed by atoms with Gasteiger partial charge in [-0.2, -0.15) is 0 Å². The van der Waals surface area contributed by atoms with Gasteiger partial charge in [0.15, 0.2) is 0 Å². The predicted octanol–water partition coefficient (Wildman–Crippen LogP) is 2.90. The van der Waals surface area contributed by atoms with E-state index in [2.05, 4.69) is 0 Å². The Morgan fingerprint density at radius 3 is 2.28 bits per heavy atom. The zero-order chi connectivity index (χ0) is 18.8. The molecule has 134 valence electrons. The maximum Gasteiger partial charge on any atom is 0.324 e. The summed E-state index contributed by atoms with van der Waals surface area (Å²) in [5, 5.41) is 9.21. The van der Waals surface area contributed by atoms with Crippen LogP contribution in [0.1, 0.15) is 16.7 Å². The second kappa shape index (κ2) is 7.14. The predicted molar refractivity (Wildman–Crippen MR) is 95.8 cm³/mol. The Bertz CT molecular complexity index is 906. The van der Waals surface area contributed by atoms with E-state index < -0.39 is 22.5 Å². The van der Waals surface area contributed by atoms with Gasteiger partial charge in [0.2, 0.25) is 0 Å². The highest BCUT2D eigenvalue weighted by molar-refractivity contribution is 7.92. The molecular weight excluding hydrogens is 342 g/mol. The van der Waals surface area contributed by atoms with Crippen molar-refractivity contribution in [1.82, 2.24) is 0 Å². The summed E-state index contributed by atoms with van der Waals surface area (Å²) in [7, 11) is -2.53. The van der Waals surface area contributed by atoms with Crippen LogP contribution in [0, 0.1) is 20.8 Å². The highest BCUT2D eigenvalue weighted by Gasteiger charge is 2.28. The highest BCUT2D eigenvalue weighted by Crippen LogP contribution is 2.29. The van der Waals surface area contributed by atoms with Crippen LogP contribution in [0.5, 0.6) is 5.75 Å². The lowest BCUT2D eigenvalue weighted by Crippen LogP contribution is -2.36. The van der Waals surface area contributed by atoms with Gasteiger partial charge in [0.1, 0.15) is 12.3 Å². The fourth-order valence-corrected chi connectivity index (χ4v) is 4.21. The van der Waals surface area contributed by atoms with Crippen LogP contribution in [-0.4, -0.2) is 33.1 Å². The molecule has 2 rings (SSSR count). The number of hydrogen-bond acceptors (Lipinski definition) is 4. The Balaban J connectivity index is 2.60. The van der Waals surface area contributed by atoms with Gasteiger partial charge in [-0.1, -0.05) is 17.7 Å². The molecule has 25 heavy (non-hydrogen) atoms. The molecule has 0 saturated heterocycles. The van der Waals surface area contributed by atoms with Gasteiger partial charge in [-0.15, -0.1) is 0 Å². The topological polar surface area (TPSA) is 83.9 Å². The monoisotopic (exact) mass is 363 g/mol. The maximum absolute atomic E-state index is 13.1. The van der Waals surface area contributed by atoms with Crippen LogP contribution in [0.4, 0.5) is 5.69 Å². The molecule has 0 aromatic heterocycles. The van der Waals surface area contributed by atoms with Gasteiger partial charge in [-0.25, -0.2) is 8.42 Å². The number of benzene rings is 2. The Kier molecular flexibility index (Phi) is 5.37. The van der Waals surface area contributed by atoms with Crippen LogP contribution in [0.2, 0.25) is 0 Å². The van der Waals surface area contributed by atoms with Crippen molar-refractivity contribution in [1.29, 1.82) is 0 Å². The number of aryl methyl sites for hydroxylation is 3. The molecule has 0 saturated carbocycles. The van der Waals surface area contributed by atoms with Crippen molar-refractivity contribution in [2.75, 3.05) is 18.0 Å². The van der Waals surface area contributed by atoms with Crippen molar-refractivity contribution < 1.29 is 23.1 Å². The molecule has 0 radical (unpaired) electrons. The standard InChI is InChI=1S/C18H21NO5S/c1-12-5-7-16(13(2)9-12)19(11-18(20)21)25(22,23)15-6-8-17(24-4)14(3)10-15/h5-10H,11H2,1-4H3,(H,20,21). The van der Waals surface area contributed by atoms with E-state index in [0.29, 0.717) is 22.6 Å². The van der Waals surface area contributed by atoms with Crippen LogP contribution in [-0.2, 0) is 14.8 Å². The minimum atomic E-state index is -4.04. The average Bonchev–Trinajstić information content (AvgIpc) is 2.52. The number of ether oxygens (including phenoxy) is 1. The molecule has 0 aliphatic heterocycles. The van der Waals surface area contributed by atoms with Crippen LogP contribution >= 0.6 is 0 Å². The zero-order valence-corrected chi connectivity index (χ0v) is 15.4. The molecule has 1 N–H and O–H groups in total. The summed E-state index contributed by atoms with van der Waals surface area (Å²) in [6, 6.07) is 9.65. The third kappa shape index (κ3) is 3.93. The van der Waals surface area contributed by atoms with Crippen LogP contribution in [0.25, 0.3) is 0 Å². The van der Waals surface area contributed by atoms with Gasteiger partial charge in [-0.05, 0) is 56.2 Å². The third-order valence-electron chi connectivity index (χ3n) is 3.85. The van der Waals surface area contributed by atoms with Crippen molar-refractivity contribution in [2.45, 2.75) is 25.7 Å². The number of carboxylic acid groups (broad SMARTS) is 1. The Morgan fingerprint density at radius 1 is 1.08 bits per heavy atom. The number of anilines is 1. The van der Waals surface area contributed by atoms with E-state index in [1.54, 1.807) is 32.0 Å². The number of rotatable bonds is 6. The molecule has 0 heterocycles. The molecule has 0 aliphatic rings. The Morgan fingerprint density at radius 2 is 1.76 bits per heavy atom. The van der Waals surface area contributed by atoms with Crippen molar-refractivity contribution in [2.24, 2.45) is 0 Å². The molecule has 0 amide bonds. The minimum Gasteiger partial charge on any atom is -0.496 e. The lowest BCUT2D eigenvalue weighted by atomic mass is 10.1. The molecule has 0 fully saturated rings. The summed E-state index contributed by atoms with van der Waals surface area (Å²) in [5.41, 5.74) is 2.66. The molecule has 2 aromatic carbocycles. The lowest BCUT2D eigenvalue weighted by Gasteiger charge is -2.25. The molecule has 7 heteroatoms. The summed E-state index contributed by atoms with van der Waals surface area (Å²) < 4.78 is 32.2. The molecule has 0 aliphatic carbocycles. The first-order valence-electron chi connectivity index (χ1n) is 7.63. The Hall–Kier alpha value is -2.54. The van der Waals surface area contributed by atoms with Gasteiger partial charge in [-0.3, -0.25) is 9.10 Å². The molecule has 6 nitrogen and oxygen atoms in total. The molecular formula is C18H21NO5S. The van der Waals surface area contributed by atoms with Gasteiger partial charge >= 0.3 is 5.97 Å². The normalized spacial score (nSPS) is 11.2. The van der Waals surface area contributed by atoms with E-state index in [9.17, 15) is 18.3 Å². The fourth-order valence-electron chi connectivity index (χ4n) is 2.65. The number of methoxy groups -OCH3 is 1. The summed E-state index contributed by atoms with van der Waals surface area (Å²) in [6.07, 6.45) is 0. The van der Waals surface area contributed by atoms with Gasteiger partial charge in [0.25, 0.3) is 10.0 Å². The first-order chi connectivity index (χ1) is 11.7. The second-order valence-corrected chi connectivity index (χ2v) is 7.69. The lowest BCUT2D eigenvalue weighted by molar-refractivity contribution is -0.135. The number of carbonyl (C=O) groups is 1. The average molecular weight is 363 g/mol. The van der Waals surface area contributed by atoms with Crippen molar-refractivity contribution in [3.63, 3.8) is 0 Å². The van der Waals surface area contributed by atoms with Crippen LogP contribution < -0.4 is 9.04 Å². The number of carboxylic acids is 1. The van der Waals surface area contributed by atoms with E-state index in [1.165, 1.54) is 19.2 Å². The van der Waals surface area contributed by atoms with E-state index in [0.717, 1.165) is 9.87 Å². The molecule has 0 atom stereocenters. The number of nitrogens with zero attached hydrogens (tertiary/aromatic N) is 1. The Labute approximate surface area is 147 Å². The third-order valence-corrected chi connectivity index (χ3v) is 5.61. The quantitative estimate of drug-likeness (QED) is 0.853. The SMILES string of the molecule is COc1ccc(S(=O)(=O)N(CC(=O)O)c2ccc(C)cc2C)cc1C. The second-order valence-electron chi connectivity index (χ2n) is 5.83. The number of aliphatic carboxylic acids is 1. The first-order valence-corrected chi connectivity index (χ1v) is 9.07. The van der Waals surface area contributed by atoms with E-state index in [4.69, 9.17) is 4.74 Å². The molecule has 0 unspecified atom stereocenters. The molecule has 2 aromatic rings. The molecule has 0 bridgehead atoms. The van der Waals surface area contributed by atoms with Crippen LogP contribution in [0.3, 0.4) is 0 Å². The number of sulfonamides is 1. The van der Waals surface area contributed by atoms with Gasteiger partial charge in [0, 0.05) is 0 Å². The first kappa shape index (κ1) is 18.8. The fraction of sp³-hybridized carbons (Fsp3) is 0.278. The van der Waals surface area contributed by atoms with Crippen LogP contribution in [0.15, 0.2) is 41.3 Å². The van der Waals surface area contributed by atoms with Crippen molar-refractivity contribution >= 4 is 21.7 Å². The summed E-state index contributed by atoms with van der Waals surface area (Å²) in [6.45, 7) is 4.72.